The molecule has 3 rings (SSSR count). The molecule has 0 aliphatic carbocycles. The van der Waals surface area contributed by atoms with Crippen molar-refractivity contribution in [2.24, 2.45) is 5.73 Å². The zero-order valence-electron chi connectivity index (χ0n) is 9.89. The third kappa shape index (κ3) is 1.57. The molecule has 0 aromatic carbocycles. The molecule has 3 heterocycles. The SMILES string of the molecule is CN1CCC(c2ncc3n2CCCC3N)C1. The maximum atomic E-state index is 6.11. The smallest absolute Gasteiger partial charge is 0.113 e. The Kier molecular flexibility index (Phi) is 2.48. The van der Waals surface area contributed by atoms with Gasteiger partial charge in [-0.2, -0.15) is 0 Å². The third-order valence-electron chi connectivity index (χ3n) is 3.95. The van der Waals surface area contributed by atoms with Crippen LogP contribution in [0, 0.1) is 0 Å². The fourth-order valence-corrected chi connectivity index (χ4v) is 3.03. The van der Waals surface area contributed by atoms with Crippen LogP contribution in [0.25, 0.3) is 0 Å². The monoisotopic (exact) mass is 220 g/mol. The van der Waals surface area contributed by atoms with Crippen LogP contribution in [-0.2, 0) is 6.54 Å². The number of nitrogens with two attached hydrogens (primary N) is 1. The Morgan fingerprint density at radius 2 is 2.25 bits per heavy atom. The predicted molar refractivity (Wildman–Crippen MR) is 63.2 cm³/mol. The van der Waals surface area contributed by atoms with Crippen LogP contribution in [-0.4, -0.2) is 34.6 Å². The molecule has 0 radical (unpaired) electrons. The molecule has 2 atom stereocenters. The Labute approximate surface area is 96.4 Å². The van der Waals surface area contributed by atoms with E-state index in [2.05, 4.69) is 21.5 Å². The van der Waals surface area contributed by atoms with E-state index in [1.54, 1.807) is 0 Å². The minimum atomic E-state index is 0.203. The van der Waals surface area contributed by atoms with Crippen LogP contribution in [0.5, 0.6) is 0 Å². The molecule has 1 aromatic rings. The van der Waals surface area contributed by atoms with Crippen LogP contribution in [0.2, 0.25) is 0 Å². The molecule has 0 amide bonds. The number of likely N-dealkylation sites (tertiary alicyclic amines) is 1. The maximum Gasteiger partial charge on any atom is 0.113 e. The van der Waals surface area contributed by atoms with E-state index in [-0.39, 0.29) is 6.04 Å². The third-order valence-corrected chi connectivity index (χ3v) is 3.95. The van der Waals surface area contributed by atoms with Gasteiger partial charge in [-0.1, -0.05) is 0 Å². The van der Waals surface area contributed by atoms with Crippen LogP contribution >= 0.6 is 0 Å². The molecule has 2 aliphatic heterocycles. The highest BCUT2D eigenvalue weighted by Gasteiger charge is 2.28. The average Bonchev–Trinajstić information content (AvgIpc) is 2.84. The van der Waals surface area contributed by atoms with Gasteiger partial charge in [0.05, 0.1) is 11.9 Å². The molecule has 0 bridgehead atoms. The Bertz CT molecular complexity index is 384. The molecule has 16 heavy (non-hydrogen) atoms. The second kappa shape index (κ2) is 3.86. The van der Waals surface area contributed by atoms with Gasteiger partial charge in [0.1, 0.15) is 5.82 Å². The minimum absolute atomic E-state index is 0.203. The molecule has 0 spiro atoms. The zero-order chi connectivity index (χ0) is 11.1. The lowest BCUT2D eigenvalue weighted by Crippen LogP contribution is -2.23. The normalized spacial score (nSPS) is 30.6. The van der Waals surface area contributed by atoms with Crippen LogP contribution in [0.4, 0.5) is 0 Å². The van der Waals surface area contributed by atoms with Crippen molar-refractivity contribution >= 4 is 0 Å². The van der Waals surface area contributed by atoms with Crippen molar-refractivity contribution in [1.82, 2.24) is 14.5 Å². The van der Waals surface area contributed by atoms with Gasteiger partial charge in [0.25, 0.3) is 0 Å². The minimum Gasteiger partial charge on any atom is -0.330 e. The Morgan fingerprint density at radius 3 is 3.00 bits per heavy atom. The average molecular weight is 220 g/mol. The second-order valence-corrected chi connectivity index (χ2v) is 5.19. The topological polar surface area (TPSA) is 47.1 Å². The van der Waals surface area contributed by atoms with Gasteiger partial charge in [0.2, 0.25) is 0 Å². The summed E-state index contributed by atoms with van der Waals surface area (Å²) in [7, 11) is 2.19. The Balaban J connectivity index is 1.91. The molecule has 2 aliphatic rings. The van der Waals surface area contributed by atoms with E-state index in [1.165, 1.54) is 30.9 Å². The summed E-state index contributed by atoms with van der Waals surface area (Å²) in [6, 6.07) is 0.203. The van der Waals surface area contributed by atoms with Crippen molar-refractivity contribution in [3.8, 4) is 0 Å². The van der Waals surface area contributed by atoms with Crippen molar-refractivity contribution in [3.63, 3.8) is 0 Å². The molecule has 1 aromatic heterocycles. The van der Waals surface area contributed by atoms with Crippen LogP contribution in [0.1, 0.15) is 42.7 Å². The highest BCUT2D eigenvalue weighted by molar-refractivity contribution is 5.16. The van der Waals surface area contributed by atoms with Crippen LogP contribution < -0.4 is 5.73 Å². The summed E-state index contributed by atoms with van der Waals surface area (Å²) < 4.78 is 2.37. The molecule has 2 unspecified atom stereocenters. The predicted octanol–water partition coefficient (Wildman–Crippen LogP) is 1.10. The van der Waals surface area contributed by atoms with Crippen molar-refractivity contribution in [1.29, 1.82) is 0 Å². The summed E-state index contributed by atoms with van der Waals surface area (Å²) in [5.74, 6) is 1.89. The molecule has 1 saturated heterocycles. The lowest BCUT2D eigenvalue weighted by Gasteiger charge is -2.23. The lowest BCUT2D eigenvalue weighted by atomic mass is 10.0. The number of rotatable bonds is 1. The summed E-state index contributed by atoms with van der Waals surface area (Å²) in [6.45, 7) is 3.45. The van der Waals surface area contributed by atoms with E-state index >= 15 is 0 Å². The van der Waals surface area contributed by atoms with Gasteiger partial charge in [-0.15, -0.1) is 0 Å². The number of fused-ring (bicyclic) bond motifs is 1. The van der Waals surface area contributed by atoms with Gasteiger partial charge in [-0.05, 0) is 32.9 Å². The van der Waals surface area contributed by atoms with Gasteiger partial charge >= 0.3 is 0 Å². The first-order chi connectivity index (χ1) is 7.75. The summed E-state index contributed by atoms with van der Waals surface area (Å²) in [6.07, 6.45) is 5.54. The molecule has 2 N–H and O–H groups in total. The van der Waals surface area contributed by atoms with E-state index in [1.807, 2.05) is 6.20 Å². The second-order valence-electron chi connectivity index (χ2n) is 5.19. The highest BCUT2D eigenvalue weighted by atomic mass is 15.2. The fraction of sp³-hybridized carbons (Fsp3) is 0.750. The number of hydrogen-bond donors (Lipinski definition) is 1. The highest BCUT2D eigenvalue weighted by Crippen LogP contribution is 2.30. The first-order valence-corrected chi connectivity index (χ1v) is 6.25. The molecule has 1 fully saturated rings. The molecule has 88 valence electrons. The number of likely N-dealkylation sites (N-methyl/N-ethyl adjacent to an activating group) is 1. The van der Waals surface area contributed by atoms with Gasteiger partial charge in [0.15, 0.2) is 0 Å². The first-order valence-electron chi connectivity index (χ1n) is 6.25. The van der Waals surface area contributed by atoms with E-state index < -0.39 is 0 Å². The van der Waals surface area contributed by atoms with E-state index in [0.29, 0.717) is 5.92 Å². The number of hydrogen-bond acceptors (Lipinski definition) is 3. The van der Waals surface area contributed by atoms with Gasteiger partial charge in [0, 0.05) is 25.0 Å². The van der Waals surface area contributed by atoms with Crippen LogP contribution in [0.3, 0.4) is 0 Å². The zero-order valence-corrected chi connectivity index (χ0v) is 9.89. The van der Waals surface area contributed by atoms with Crippen molar-refractivity contribution in [2.75, 3.05) is 20.1 Å². The van der Waals surface area contributed by atoms with E-state index in [9.17, 15) is 0 Å². The Morgan fingerprint density at radius 1 is 1.38 bits per heavy atom. The quantitative estimate of drug-likeness (QED) is 0.771. The summed E-state index contributed by atoms with van der Waals surface area (Å²) >= 11 is 0. The van der Waals surface area contributed by atoms with E-state index in [4.69, 9.17) is 5.73 Å². The first kappa shape index (κ1) is 10.3. The standard InChI is InChI=1S/C12H20N4/c1-15-6-4-9(8-15)12-14-7-11-10(13)3-2-5-16(11)12/h7,9-10H,2-6,8,13H2,1H3. The van der Waals surface area contributed by atoms with Gasteiger partial charge < -0.3 is 15.2 Å². The summed E-state index contributed by atoms with van der Waals surface area (Å²) in [5, 5.41) is 0. The van der Waals surface area contributed by atoms with E-state index in [0.717, 1.165) is 19.5 Å². The molecule has 0 saturated carbocycles. The lowest BCUT2D eigenvalue weighted by molar-refractivity contribution is 0.401. The van der Waals surface area contributed by atoms with Crippen molar-refractivity contribution in [2.45, 2.75) is 37.8 Å². The number of aromatic nitrogens is 2. The largest absolute Gasteiger partial charge is 0.330 e. The molecule has 4 nitrogen and oxygen atoms in total. The summed E-state index contributed by atoms with van der Waals surface area (Å²) in [5.41, 5.74) is 7.36. The Hall–Kier alpha value is -0.870. The maximum absolute atomic E-state index is 6.11. The number of nitrogens with zero attached hydrogens (tertiary/aromatic N) is 3. The van der Waals surface area contributed by atoms with Crippen molar-refractivity contribution < 1.29 is 0 Å². The summed E-state index contributed by atoms with van der Waals surface area (Å²) in [4.78, 5) is 7.00. The fourth-order valence-electron chi connectivity index (χ4n) is 3.03. The molecule has 4 heteroatoms. The number of imidazole rings is 1. The van der Waals surface area contributed by atoms with Crippen molar-refractivity contribution in [3.05, 3.63) is 17.7 Å². The molecular formula is C12H20N4. The van der Waals surface area contributed by atoms with Crippen LogP contribution in [0.15, 0.2) is 6.20 Å². The molecular weight excluding hydrogens is 200 g/mol. The van der Waals surface area contributed by atoms with Gasteiger partial charge in [-0.3, -0.25) is 0 Å². The van der Waals surface area contributed by atoms with Gasteiger partial charge in [-0.25, -0.2) is 4.98 Å².